The molecule has 4 heteroatoms. The summed E-state index contributed by atoms with van der Waals surface area (Å²) in [7, 11) is 3.74. The van der Waals surface area contributed by atoms with E-state index in [2.05, 4.69) is 17.4 Å². The summed E-state index contributed by atoms with van der Waals surface area (Å²) in [6.45, 7) is 1.50. The van der Waals surface area contributed by atoms with Gasteiger partial charge in [-0.25, -0.2) is 0 Å². The monoisotopic (exact) mass is 318 g/mol. The van der Waals surface area contributed by atoms with E-state index in [0.29, 0.717) is 6.54 Å². The SMILES string of the molecule is CNCCN(C)C(=O)c1ccccc1Cc1ccccc1.Cl. The number of halogens is 1. The van der Waals surface area contributed by atoms with Gasteiger partial charge in [-0.3, -0.25) is 4.79 Å². The van der Waals surface area contributed by atoms with Gasteiger partial charge in [0.05, 0.1) is 0 Å². The summed E-state index contributed by atoms with van der Waals surface area (Å²) in [6.07, 6.45) is 0.780. The molecule has 118 valence electrons. The van der Waals surface area contributed by atoms with Crippen molar-refractivity contribution in [2.45, 2.75) is 6.42 Å². The molecule has 0 aliphatic heterocycles. The summed E-state index contributed by atoms with van der Waals surface area (Å²) in [4.78, 5) is 14.3. The second kappa shape index (κ2) is 9.23. The third kappa shape index (κ3) is 4.86. The molecule has 3 nitrogen and oxygen atoms in total. The van der Waals surface area contributed by atoms with Crippen molar-refractivity contribution in [2.24, 2.45) is 0 Å². The maximum Gasteiger partial charge on any atom is 0.253 e. The number of nitrogens with zero attached hydrogens (tertiary/aromatic N) is 1. The number of amides is 1. The van der Waals surface area contributed by atoms with Gasteiger partial charge >= 0.3 is 0 Å². The summed E-state index contributed by atoms with van der Waals surface area (Å²) in [5.74, 6) is 0.0804. The molecule has 2 aromatic rings. The number of carbonyl (C=O) groups excluding carboxylic acids is 1. The molecule has 1 N–H and O–H groups in total. The topological polar surface area (TPSA) is 32.3 Å². The Kier molecular flexibility index (Phi) is 7.64. The van der Waals surface area contributed by atoms with Gasteiger partial charge in [-0.05, 0) is 30.7 Å². The zero-order valence-electron chi connectivity index (χ0n) is 13.1. The molecule has 0 heterocycles. The Labute approximate surface area is 138 Å². The lowest BCUT2D eigenvalue weighted by atomic mass is 9.99. The van der Waals surface area contributed by atoms with Crippen LogP contribution in [0.2, 0.25) is 0 Å². The van der Waals surface area contributed by atoms with E-state index in [1.165, 1.54) is 5.56 Å². The predicted molar refractivity (Wildman–Crippen MR) is 93.8 cm³/mol. The van der Waals surface area contributed by atoms with Gasteiger partial charge < -0.3 is 10.2 Å². The minimum absolute atomic E-state index is 0. The molecule has 0 saturated heterocycles. The molecule has 1 amide bonds. The number of hydrogen-bond donors (Lipinski definition) is 1. The highest BCUT2D eigenvalue weighted by molar-refractivity contribution is 5.95. The van der Waals surface area contributed by atoms with Crippen molar-refractivity contribution in [1.82, 2.24) is 10.2 Å². The van der Waals surface area contributed by atoms with Crippen LogP contribution >= 0.6 is 12.4 Å². The van der Waals surface area contributed by atoms with Crippen molar-refractivity contribution in [3.8, 4) is 0 Å². The van der Waals surface area contributed by atoms with Crippen LogP contribution in [0.15, 0.2) is 54.6 Å². The van der Waals surface area contributed by atoms with Crippen LogP contribution < -0.4 is 5.32 Å². The lowest BCUT2D eigenvalue weighted by Gasteiger charge is -2.19. The summed E-state index contributed by atoms with van der Waals surface area (Å²) >= 11 is 0. The summed E-state index contributed by atoms with van der Waals surface area (Å²) < 4.78 is 0. The fourth-order valence-electron chi connectivity index (χ4n) is 2.29. The average Bonchev–Trinajstić information content (AvgIpc) is 2.53. The molecule has 0 radical (unpaired) electrons. The quantitative estimate of drug-likeness (QED) is 0.888. The standard InChI is InChI=1S/C18H22N2O.ClH/c1-19-12-13-20(2)18(21)17-11-7-6-10-16(17)14-15-8-4-3-5-9-15;/h3-11,19H,12-14H2,1-2H3;1H. The highest BCUT2D eigenvalue weighted by Gasteiger charge is 2.15. The molecule has 22 heavy (non-hydrogen) atoms. The largest absolute Gasteiger partial charge is 0.340 e. The van der Waals surface area contributed by atoms with Gasteiger partial charge in [0.2, 0.25) is 0 Å². The molecular weight excluding hydrogens is 296 g/mol. The molecule has 0 atom stereocenters. The van der Waals surface area contributed by atoms with Gasteiger partial charge in [-0.2, -0.15) is 0 Å². The third-order valence-electron chi connectivity index (χ3n) is 3.53. The predicted octanol–water partition coefficient (Wildman–Crippen LogP) is 2.99. The van der Waals surface area contributed by atoms with E-state index >= 15 is 0 Å². The molecule has 0 saturated carbocycles. The first-order valence-electron chi connectivity index (χ1n) is 7.24. The Bertz CT molecular complexity index is 587. The van der Waals surface area contributed by atoms with Crippen LogP contribution in [0.3, 0.4) is 0 Å². The summed E-state index contributed by atoms with van der Waals surface area (Å²) in [5, 5.41) is 3.07. The fourth-order valence-corrected chi connectivity index (χ4v) is 2.29. The summed E-state index contributed by atoms with van der Waals surface area (Å²) in [5.41, 5.74) is 3.08. The van der Waals surface area contributed by atoms with Crippen molar-refractivity contribution in [3.63, 3.8) is 0 Å². The van der Waals surface area contributed by atoms with E-state index in [1.807, 2.05) is 56.6 Å². The first-order chi connectivity index (χ1) is 10.2. The van der Waals surface area contributed by atoms with Crippen molar-refractivity contribution in [2.75, 3.05) is 27.2 Å². The normalized spacial score (nSPS) is 9.91. The number of rotatable bonds is 6. The minimum atomic E-state index is 0. The van der Waals surface area contributed by atoms with Gasteiger partial charge in [0, 0.05) is 25.7 Å². The first kappa shape index (κ1) is 18.2. The molecule has 2 rings (SSSR count). The second-order valence-corrected chi connectivity index (χ2v) is 5.15. The zero-order chi connectivity index (χ0) is 15.1. The van der Waals surface area contributed by atoms with Crippen molar-refractivity contribution < 1.29 is 4.79 Å². The Morgan fingerprint density at radius 3 is 2.36 bits per heavy atom. The Morgan fingerprint density at radius 1 is 1.05 bits per heavy atom. The molecule has 2 aromatic carbocycles. The lowest BCUT2D eigenvalue weighted by Crippen LogP contribution is -2.33. The lowest BCUT2D eigenvalue weighted by molar-refractivity contribution is 0.0796. The van der Waals surface area contributed by atoms with E-state index < -0.39 is 0 Å². The van der Waals surface area contributed by atoms with Gasteiger partial charge in [-0.1, -0.05) is 48.5 Å². The van der Waals surface area contributed by atoms with Gasteiger partial charge in [-0.15, -0.1) is 12.4 Å². The number of benzene rings is 2. The number of hydrogen-bond acceptors (Lipinski definition) is 2. The van der Waals surface area contributed by atoms with Crippen LogP contribution in [0, 0.1) is 0 Å². The minimum Gasteiger partial charge on any atom is -0.340 e. The molecular formula is C18H23ClN2O. The van der Waals surface area contributed by atoms with Crippen LogP contribution in [-0.2, 0) is 6.42 Å². The van der Waals surface area contributed by atoms with Crippen LogP contribution in [-0.4, -0.2) is 38.0 Å². The van der Waals surface area contributed by atoms with E-state index in [4.69, 9.17) is 0 Å². The Hall–Kier alpha value is -1.84. The summed E-state index contributed by atoms with van der Waals surface area (Å²) in [6, 6.07) is 18.1. The Balaban J connectivity index is 0.00000242. The number of carbonyl (C=O) groups is 1. The maximum absolute atomic E-state index is 12.6. The van der Waals surface area contributed by atoms with Crippen LogP contribution in [0.25, 0.3) is 0 Å². The van der Waals surface area contributed by atoms with E-state index in [0.717, 1.165) is 24.1 Å². The van der Waals surface area contributed by atoms with Crippen LogP contribution in [0.1, 0.15) is 21.5 Å². The number of likely N-dealkylation sites (N-methyl/N-ethyl adjacent to an activating group) is 2. The first-order valence-corrected chi connectivity index (χ1v) is 7.24. The van der Waals surface area contributed by atoms with Crippen LogP contribution in [0.4, 0.5) is 0 Å². The fraction of sp³-hybridized carbons (Fsp3) is 0.278. The molecule has 0 fully saturated rings. The van der Waals surface area contributed by atoms with E-state index in [-0.39, 0.29) is 18.3 Å². The van der Waals surface area contributed by atoms with Gasteiger partial charge in [0.1, 0.15) is 0 Å². The highest BCUT2D eigenvalue weighted by Crippen LogP contribution is 2.16. The number of nitrogens with one attached hydrogen (secondary N) is 1. The van der Waals surface area contributed by atoms with Crippen molar-refractivity contribution in [3.05, 3.63) is 71.3 Å². The smallest absolute Gasteiger partial charge is 0.253 e. The van der Waals surface area contributed by atoms with Crippen LogP contribution in [0.5, 0.6) is 0 Å². The van der Waals surface area contributed by atoms with Gasteiger partial charge in [0.25, 0.3) is 5.91 Å². The van der Waals surface area contributed by atoms with E-state index in [1.54, 1.807) is 4.90 Å². The zero-order valence-corrected chi connectivity index (χ0v) is 13.9. The third-order valence-corrected chi connectivity index (χ3v) is 3.53. The van der Waals surface area contributed by atoms with Gasteiger partial charge in [0.15, 0.2) is 0 Å². The molecule has 0 bridgehead atoms. The highest BCUT2D eigenvalue weighted by atomic mass is 35.5. The second-order valence-electron chi connectivity index (χ2n) is 5.15. The average molecular weight is 319 g/mol. The maximum atomic E-state index is 12.6. The van der Waals surface area contributed by atoms with Crippen molar-refractivity contribution >= 4 is 18.3 Å². The molecule has 0 aliphatic carbocycles. The van der Waals surface area contributed by atoms with Crippen molar-refractivity contribution in [1.29, 1.82) is 0 Å². The Morgan fingerprint density at radius 2 is 1.68 bits per heavy atom. The molecule has 0 unspecified atom stereocenters. The molecule has 0 spiro atoms. The van der Waals surface area contributed by atoms with E-state index in [9.17, 15) is 4.79 Å². The molecule has 0 aromatic heterocycles. The molecule has 0 aliphatic rings.